The number of carbonyl (C=O) groups excluding carboxylic acids is 1. The topological polar surface area (TPSA) is 75.9 Å². The molecular weight excluding hydrogens is 348 g/mol. The number of thiophene rings is 1. The van der Waals surface area contributed by atoms with E-state index in [1.165, 1.54) is 4.88 Å². The minimum Gasteiger partial charge on any atom is -0.350 e. The molecule has 3 aromatic rings. The molecule has 0 fully saturated rings. The first kappa shape index (κ1) is 16.7. The summed E-state index contributed by atoms with van der Waals surface area (Å²) in [5.74, 6) is 1.43. The molecule has 4 heterocycles. The summed E-state index contributed by atoms with van der Waals surface area (Å²) in [5, 5.41) is 5.00. The van der Waals surface area contributed by atoms with Crippen molar-refractivity contribution in [1.29, 1.82) is 0 Å². The molecule has 0 saturated heterocycles. The Kier molecular flexibility index (Phi) is 4.66. The van der Waals surface area contributed by atoms with E-state index < -0.39 is 0 Å². The van der Waals surface area contributed by atoms with Gasteiger partial charge in [-0.3, -0.25) is 4.79 Å². The molecule has 4 rings (SSSR count). The number of hydrogen-bond acceptors (Lipinski definition) is 6. The van der Waals surface area contributed by atoms with Crippen molar-refractivity contribution in [2.24, 2.45) is 0 Å². The molecule has 0 radical (unpaired) electrons. The highest BCUT2D eigenvalue weighted by molar-refractivity contribution is 7.09. The predicted molar refractivity (Wildman–Crippen MR) is 100 cm³/mol. The van der Waals surface area contributed by atoms with Crippen LogP contribution in [0, 0.1) is 0 Å². The zero-order chi connectivity index (χ0) is 17.9. The average molecular weight is 368 g/mol. The molecule has 0 saturated carbocycles. The maximum Gasteiger partial charge on any atom is 0.271 e. The van der Waals surface area contributed by atoms with Gasteiger partial charge in [-0.05, 0) is 30.9 Å². The number of nitrogens with one attached hydrogen (secondary N) is 1. The molecule has 7 nitrogen and oxygen atoms in total. The molecule has 0 spiro atoms. The van der Waals surface area contributed by atoms with Crippen molar-refractivity contribution in [2.45, 2.75) is 25.9 Å². The molecule has 0 aromatic carbocycles. The van der Waals surface area contributed by atoms with Gasteiger partial charge in [-0.25, -0.2) is 15.0 Å². The summed E-state index contributed by atoms with van der Waals surface area (Å²) >= 11 is 1.70. The van der Waals surface area contributed by atoms with E-state index in [4.69, 9.17) is 0 Å². The Bertz CT molecular complexity index is 876. The van der Waals surface area contributed by atoms with Crippen molar-refractivity contribution < 1.29 is 4.79 Å². The Labute approximate surface area is 155 Å². The first-order valence-corrected chi connectivity index (χ1v) is 9.51. The van der Waals surface area contributed by atoms with Crippen LogP contribution in [0.3, 0.4) is 0 Å². The number of rotatable bonds is 5. The highest BCUT2D eigenvalue weighted by Gasteiger charge is 2.28. The van der Waals surface area contributed by atoms with E-state index in [-0.39, 0.29) is 11.9 Å². The Morgan fingerprint density at radius 3 is 2.92 bits per heavy atom. The van der Waals surface area contributed by atoms with Gasteiger partial charge in [0.2, 0.25) is 5.95 Å². The largest absolute Gasteiger partial charge is 0.350 e. The lowest BCUT2D eigenvalue weighted by Crippen LogP contribution is -2.37. The maximum atomic E-state index is 12.4. The highest BCUT2D eigenvalue weighted by Crippen LogP contribution is 2.27. The van der Waals surface area contributed by atoms with Crippen molar-refractivity contribution in [3.05, 3.63) is 58.6 Å². The van der Waals surface area contributed by atoms with Crippen molar-refractivity contribution in [2.75, 3.05) is 18.0 Å². The summed E-state index contributed by atoms with van der Waals surface area (Å²) < 4.78 is 2.05. The molecule has 1 atom stereocenters. The van der Waals surface area contributed by atoms with Gasteiger partial charge in [0.15, 0.2) is 0 Å². The molecule has 8 heteroatoms. The minimum atomic E-state index is -0.127. The summed E-state index contributed by atoms with van der Waals surface area (Å²) in [5.41, 5.74) is 0.467. The van der Waals surface area contributed by atoms with E-state index in [9.17, 15) is 4.79 Å². The third kappa shape index (κ3) is 3.32. The van der Waals surface area contributed by atoms with Crippen LogP contribution in [0.25, 0.3) is 0 Å². The first-order chi connectivity index (χ1) is 12.7. The Balaban J connectivity index is 1.44. The number of amides is 1. The van der Waals surface area contributed by atoms with Gasteiger partial charge in [-0.15, -0.1) is 11.3 Å². The molecule has 0 bridgehead atoms. The summed E-state index contributed by atoms with van der Waals surface area (Å²) in [7, 11) is 0. The van der Waals surface area contributed by atoms with Gasteiger partial charge < -0.3 is 14.8 Å². The van der Waals surface area contributed by atoms with Crippen LogP contribution < -0.4 is 10.2 Å². The molecule has 3 aromatic heterocycles. The first-order valence-electron chi connectivity index (χ1n) is 8.63. The molecule has 134 valence electrons. The fourth-order valence-corrected chi connectivity index (χ4v) is 3.87. The Hall–Kier alpha value is -2.74. The SMILES string of the molecule is C[C@H]1c2nc(C(=O)NCCc3cccs3)cn2CCN1c1ncccn1. The van der Waals surface area contributed by atoms with E-state index in [0.717, 1.165) is 25.3 Å². The van der Waals surface area contributed by atoms with Gasteiger partial charge in [0.25, 0.3) is 5.91 Å². The lowest BCUT2D eigenvalue weighted by atomic mass is 10.2. The second-order valence-electron chi connectivity index (χ2n) is 6.18. The second-order valence-corrected chi connectivity index (χ2v) is 7.21. The molecule has 0 aliphatic carbocycles. The highest BCUT2D eigenvalue weighted by atomic mass is 32.1. The number of imidazole rings is 1. The van der Waals surface area contributed by atoms with Crippen LogP contribution in [0.15, 0.2) is 42.2 Å². The zero-order valence-corrected chi connectivity index (χ0v) is 15.3. The third-order valence-corrected chi connectivity index (χ3v) is 5.45. The molecule has 1 aliphatic heterocycles. The number of hydrogen-bond donors (Lipinski definition) is 1. The van der Waals surface area contributed by atoms with Crippen LogP contribution >= 0.6 is 11.3 Å². The van der Waals surface area contributed by atoms with E-state index in [0.29, 0.717) is 18.2 Å². The summed E-state index contributed by atoms with van der Waals surface area (Å²) in [6.07, 6.45) is 6.16. The lowest BCUT2D eigenvalue weighted by molar-refractivity contribution is 0.0949. The van der Waals surface area contributed by atoms with Crippen molar-refractivity contribution in [1.82, 2.24) is 24.8 Å². The Morgan fingerprint density at radius 1 is 1.31 bits per heavy atom. The maximum absolute atomic E-state index is 12.4. The van der Waals surface area contributed by atoms with Crippen molar-refractivity contribution in [3.63, 3.8) is 0 Å². The van der Waals surface area contributed by atoms with E-state index in [2.05, 4.69) is 42.7 Å². The average Bonchev–Trinajstić information content (AvgIpc) is 3.32. The van der Waals surface area contributed by atoms with E-state index in [1.54, 1.807) is 29.8 Å². The number of anilines is 1. The van der Waals surface area contributed by atoms with E-state index >= 15 is 0 Å². The van der Waals surface area contributed by atoms with Gasteiger partial charge in [0.05, 0.1) is 6.04 Å². The summed E-state index contributed by atoms with van der Waals surface area (Å²) in [6, 6.07) is 5.92. The lowest BCUT2D eigenvalue weighted by Gasteiger charge is -2.33. The number of carbonyl (C=O) groups is 1. The number of nitrogens with zero attached hydrogens (tertiary/aromatic N) is 5. The molecule has 26 heavy (non-hydrogen) atoms. The van der Waals surface area contributed by atoms with Gasteiger partial charge in [0, 0.05) is 43.1 Å². The molecule has 1 aliphatic rings. The smallest absolute Gasteiger partial charge is 0.271 e. The fraction of sp³-hybridized carbons (Fsp3) is 0.333. The van der Waals surface area contributed by atoms with Crippen LogP contribution in [0.2, 0.25) is 0 Å². The molecule has 1 N–H and O–H groups in total. The zero-order valence-electron chi connectivity index (χ0n) is 14.5. The summed E-state index contributed by atoms with van der Waals surface area (Å²) in [6.45, 7) is 4.22. The summed E-state index contributed by atoms with van der Waals surface area (Å²) in [4.78, 5) is 29.0. The normalized spacial score (nSPS) is 16.3. The standard InChI is InChI=1S/C18H20N6OS/c1-13-16-22-15(17(25)19-8-5-14-4-2-11-26-14)12-23(16)9-10-24(13)18-20-6-3-7-21-18/h2-4,6-7,11-13H,5,8-10H2,1H3,(H,19,25)/t13-/m0/s1. The minimum absolute atomic E-state index is 0.0128. The quantitative estimate of drug-likeness (QED) is 0.748. The number of aromatic nitrogens is 4. The van der Waals surface area contributed by atoms with Crippen LogP contribution in [0.4, 0.5) is 5.95 Å². The van der Waals surface area contributed by atoms with Crippen LogP contribution in [-0.4, -0.2) is 38.5 Å². The van der Waals surface area contributed by atoms with Crippen LogP contribution in [0.1, 0.15) is 34.2 Å². The molecule has 1 amide bonds. The van der Waals surface area contributed by atoms with Crippen LogP contribution in [-0.2, 0) is 13.0 Å². The monoisotopic (exact) mass is 368 g/mol. The van der Waals surface area contributed by atoms with Crippen LogP contribution in [0.5, 0.6) is 0 Å². The molecule has 0 unspecified atom stereocenters. The predicted octanol–water partition coefficient (Wildman–Crippen LogP) is 2.29. The van der Waals surface area contributed by atoms with Gasteiger partial charge in [-0.2, -0.15) is 0 Å². The van der Waals surface area contributed by atoms with E-state index in [1.807, 2.05) is 17.6 Å². The second kappa shape index (κ2) is 7.25. The molecular formula is C18H20N6OS. The van der Waals surface area contributed by atoms with Gasteiger partial charge in [-0.1, -0.05) is 6.07 Å². The van der Waals surface area contributed by atoms with Crippen molar-refractivity contribution >= 4 is 23.2 Å². The number of fused-ring (bicyclic) bond motifs is 1. The fourth-order valence-electron chi connectivity index (χ4n) is 3.16. The van der Waals surface area contributed by atoms with Crippen molar-refractivity contribution in [3.8, 4) is 0 Å². The van der Waals surface area contributed by atoms with Gasteiger partial charge in [0.1, 0.15) is 11.5 Å². The Morgan fingerprint density at radius 2 is 2.15 bits per heavy atom. The van der Waals surface area contributed by atoms with Gasteiger partial charge >= 0.3 is 0 Å². The third-order valence-electron chi connectivity index (χ3n) is 4.51.